The Morgan fingerprint density at radius 3 is 2.83 bits per heavy atom. The summed E-state index contributed by atoms with van der Waals surface area (Å²) in [5.74, 6) is 0. The molecule has 0 aliphatic rings. The van der Waals surface area contributed by atoms with E-state index in [1.807, 2.05) is 31.2 Å². The minimum atomic E-state index is -0.650. The Labute approximate surface area is 103 Å². The molecule has 0 atom stereocenters. The Morgan fingerprint density at radius 2 is 2.17 bits per heavy atom. The SMILES string of the molecule is Cc1cccc(Cn2cc(C#N)c(=O)[nH]c2=O)c1. The lowest BCUT2D eigenvalue weighted by molar-refractivity contribution is 0.717. The standard InChI is InChI=1S/C13H11N3O2/c1-9-3-2-4-10(5-9)7-16-8-11(6-14)12(17)15-13(16)18/h2-5,8H,7H2,1H3,(H,15,17,18). The third-order valence-corrected chi connectivity index (χ3v) is 2.57. The Bertz CT molecular complexity index is 735. The van der Waals surface area contributed by atoms with Gasteiger partial charge in [-0.3, -0.25) is 14.3 Å². The average molecular weight is 241 g/mol. The molecule has 18 heavy (non-hydrogen) atoms. The molecule has 1 aromatic carbocycles. The van der Waals surface area contributed by atoms with Crippen molar-refractivity contribution in [1.82, 2.24) is 9.55 Å². The van der Waals surface area contributed by atoms with E-state index in [9.17, 15) is 9.59 Å². The second-order valence-electron chi connectivity index (χ2n) is 4.03. The first-order valence-electron chi connectivity index (χ1n) is 5.39. The van der Waals surface area contributed by atoms with Crippen molar-refractivity contribution in [2.24, 2.45) is 0 Å². The van der Waals surface area contributed by atoms with E-state index in [4.69, 9.17) is 5.26 Å². The predicted octanol–water partition coefficient (Wildman–Crippen LogP) is 0.765. The molecule has 1 heterocycles. The first-order chi connectivity index (χ1) is 8.60. The molecule has 0 saturated carbocycles. The van der Waals surface area contributed by atoms with E-state index >= 15 is 0 Å². The van der Waals surface area contributed by atoms with Gasteiger partial charge in [0.15, 0.2) is 0 Å². The van der Waals surface area contributed by atoms with E-state index in [0.29, 0.717) is 6.54 Å². The number of hydrogen-bond donors (Lipinski definition) is 1. The fraction of sp³-hybridized carbons (Fsp3) is 0.154. The zero-order valence-electron chi connectivity index (χ0n) is 9.80. The number of hydrogen-bond acceptors (Lipinski definition) is 3. The van der Waals surface area contributed by atoms with Crippen molar-refractivity contribution >= 4 is 0 Å². The third kappa shape index (κ3) is 2.38. The summed E-state index contributed by atoms with van der Waals surface area (Å²) < 4.78 is 1.31. The van der Waals surface area contributed by atoms with Gasteiger partial charge in [-0.05, 0) is 12.5 Å². The summed E-state index contributed by atoms with van der Waals surface area (Å²) >= 11 is 0. The van der Waals surface area contributed by atoms with E-state index < -0.39 is 11.2 Å². The molecule has 90 valence electrons. The summed E-state index contributed by atoms with van der Waals surface area (Å²) in [5.41, 5.74) is 0.796. The molecular weight excluding hydrogens is 230 g/mol. The van der Waals surface area contributed by atoms with Gasteiger partial charge < -0.3 is 0 Å². The number of aryl methyl sites for hydroxylation is 1. The Morgan fingerprint density at radius 1 is 1.39 bits per heavy atom. The molecule has 2 aromatic rings. The van der Waals surface area contributed by atoms with Gasteiger partial charge in [0.2, 0.25) is 0 Å². The van der Waals surface area contributed by atoms with Gasteiger partial charge >= 0.3 is 5.69 Å². The Hall–Kier alpha value is -2.61. The van der Waals surface area contributed by atoms with E-state index in [0.717, 1.165) is 11.1 Å². The van der Waals surface area contributed by atoms with E-state index in [1.54, 1.807) is 6.07 Å². The molecular formula is C13H11N3O2. The normalized spacial score (nSPS) is 10.0. The molecule has 1 N–H and O–H groups in total. The number of aromatic amines is 1. The quantitative estimate of drug-likeness (QED) is 0.843. The highest BCUT2D eigenvalue weighted by Crippen LogP contribution is 2.04. The number of nitrogens with one attached hydrogen (secondary N) is 1. The zero-order valence-corrected chi connectivity index (χ0v) is 9.80. The number of nitriles is 1. The highest BCUT2D eigenvalue weighted by atomic mass is 16.2. The van der Waals surface area contributed by atoms with E-state index in [1.165, 1.54) is 10.8 Å². The van der Waals surface area contributed by atoms with Crippen molar-refractivity contribution in [1.29, 1.82) is 5.26 Å². The first kappa shape index (κ1) is 11.9. The Kier molecular flexibility index (Phi) is 3.11. The van der Waals surface area contributed by atoms with Crippen molar-refractivity contribution in [3.8, 4) is 6.07 Å². The monoisotopic (exact) mass is 241 g/mol. The van der Waals surface area contributed by atoms with Crippen LogP contribution in [0.5, 0.6) is 0 Å². The van der Waals surface area contributed by atoms with Gasteiger partial charge in [-0.1, -0.05) is 29.8 Å². The molecule has 0 unspecified atom stereocenters. The smallest absolute Gasteiger partial charge is 0.295 e. The van der Waals surface area contributed by atoms with Crippen LogP contribution in [0.15, 0.2) is 40.1 Å². The molecule has 0 saturated heterocycles. The van der Waals surface area contributed by atoms with E-state index in [2.05, 4.69) is 4.98 Å². The maximum atomic E-state index is 11.6. The van der Waals surface area contributed by atoms with Crippen LogP contribution in [-0.2, 0) is 6.54 Å². The lowest BCUT2D eigenvalue weighted by atomic mass is 10.1. The topological polar surface area (TPSA) is 78.7 Å². The highest BCUT2D eigenvalue weighted by Gasteiger charge is 2.04. The van der Waals surface area contributed by atoms with Crippen LogP contribution in [0.3, 0.4) is 0 Å². The molecule has 0 spiro atoms. The van der Waals surface area contributed by atoms with Crippen molar-refractivity contribution in [3.63, 3.8) is 0 Å². The molecule has 0 aliphatic heterocycles. The van der Waals surface area contributed by atoms with Gasteiger partial charge in [-0.15, -0.1) is 0 Å². The van der Waals surface area contributed by atoms with Gasteiger partial charge in [0.25, 0.3) is 5.56 Å². The van der Waals surface area contributed by atoms with Crippen LogP contribution in [0.1, 0.15) is 16.7 Å². The minimum absolute atomic E-state index is 0.0674. The van der Waals surface area contributed by atoms with Gasteiger partial charge in [0, 0.05) is 6.20 Å². The van der Waals surface area contributed by atoms with Gasteiger partial charge in [0.1, 0.15) is 11.6 Å². The van der Waals surface area contributed by atoms with Crippen LogP contribution >= 0.6 is 0 Å². The number of aromatic nitrogens is 2. The summed E-state index contributed by atoms with van der Waals surface area (Å²) in [6.07, 6.45) is 1.28. The zero-order chi connectivity index (χ0) is 13.1. The van der Waals surface area contributed by atoms with Crippen molar-refractivity contribution < 1.29 is 0 Å². The molecule has 1 aromatic heterocycles. The van der Waals surface area contributed by atoms with Crippen LogP contribution in [-0.4, -0.2) is 9.55 Å². The third-order valence-electron chi connectivity index (χ3n) is 2.57. The molecule has 5 nitrogen and oxygen atoms in total. The first-order valence-corrected chi connectivity index (χ1v) is 5.39. The average Bonchev–Trinajstić information content (AvgIpc) is 2.33. The summed E-state index contributed by atoms with van der Waals surface area (Å²) in [7, 11) is 0. The second kappa shape index (κ2) is 4.72. The minimum Gasteiger partial charge on any atom is -0.295 e. The van der Waals surface area contributed by atoms with Gasteiger partial charge in [0.05, 0.1) is 6.54 Å². The van der Waals surface area contributed by atoms with Gasteiger partial charge in [-0.25, -0.2) is 4.79 Å². The molecule has 0 fully saturated rings. The lowest BCUT2D eigenvalue weighted by Gasteiger charge is -2.06. The summed E-state index contributed by atoms with van der Waals surface area (Å²) in [4.78, 5) is 25.0. The molecule has 0 radical (unpaired) electrons. The van der Waals surface area contributed by atoms with Crippen molar-refractivity contribution in [2.75, 3.05) is 0 Å². The summed E-state index contributed by atoms with van der Waals surface area (Å²) in [6, 6.07) is 9.44. The van der Waals surface area contributed by atoms with Gasteiger partial charge in [-0.2, -0.15) is 5.26 Å². The van der Waals surface area contributed by atoms with Crippen LogP contribution in [0.4, 0.5) is 0 Å². The van der Waals surface area contributed by atoms with Crippen molar-refractivity contribution in [2.45, 2.75) is 13.5 Å². The fourth-order valence-electron chi connectivity index (χ4n) is 1.71. The number of nitrogens with zero attached hydrogens (tertiary/aromatic N) is 2. The van der Waals surface area contributed by atoms with E-state index in [-0.39, 0.29) is 5.56 Å². The number of rotatable bonds is 2. The number of benzene rings is 1. The molecule has 5 heteroatoms. The molecule has 0 aliphatic carbocycles. The molecule has 2 rings (SSSR count). The molecule has 0 amide bonds. The summed E-state index contributed by atoms with van der Waals surface area (Å²) in [6.45, 7) is 2.28. The van der Waals surface area contributed by atoms with Crippen LogP contribution in [0.2, 0.25) is 0 Å². The second-order valence-corrected chi connectivity index (χ2v) is 4.03. The fourth-order valence-corrected chi connectivity index (χ4v) is 1.71. The molecule has 0 bridgehead atoms. The predicted molar refractivity (Wildman–Crippen MR) is 66.3 cm³/mol. The largest absolute Gasteiger partial charge is 0.328 e. The van der Waals surface area contributed by atoms with Crippen LogP contribution in [0.25, 0.3) is 0 Å². The maximum Gasteiger partial charge on any atom is 0.328 e. The van der Waals surface area contributed by atoms with Crippen LogP contribution < -0.4 is 11.2 Å². The van der Waals surface area contributed by atoms with Crippen molar-refractivity contribution in [3.05, 3.63) is 68.0 Å². The Balaban J connectivity index is 2.44. The lowest BCUT2D eigenvalue weighted by Crippen LogP contribution is -2.31. The van der Waals surface area contributed by atoms with Crippen LogP contribution in [0, 0.1) is 18.3 Å². The summed E-state index contributed by atoms with van der Waals surface area (Å²) in [5, 5.41) is 8.76. The highest BCUT2D eigenvalue weighted by molar-refractivity contribution is 5.24. The maximum absolute atomic E-state index is 11.6. The number of H-pyrrole nitrogens is 1.